The lowest BCUT2D eigenvalue weighted by molar-refractivity contribution is -0.167. The molecule has 0 aromatic heterocycles. The van der Waals surface area contributed by atoms with Gasteiger partial charge in [-0.25, -0.2) is 0 Å². The zero-order chi connectivity index (χ0) is 47.2. The first-order chi connectivity index (χ1) is 32.0. The Balaban J connectivity index is 4.44. The molecule has 0 aliphatic heterocycles. The van der Waals surface area contributed by atoms with Crippen LogP contribution in [0, 0.1) is 0 Å². The van der Waals surface area contributed by atoms with Gasteiger partial charge in [0.05, 0.1) is 0 Å². The third-order valence-corrected chi connectivity index (χ3v) is 11.4. The topological polar surface area (TPSA) is 78.9 Å². The predicted octanol–water partition coefficient (Wildman–Crippen LogP) is 18.0. The number of ether oxygens (including phenoxy) is 3. The second-order valence-corrected chi connectivity index (χ2v) is 17.8. The quantitative estimate of drug-likeness (QED) is 0.0199. The molecule has 0 saturated carbocycles. The Morgan fingerprint density at radius 1 is 0.338 bits per heavy atom. The number of hydrogen-bond acceptors (Lipinski definition) is 6. The van der Waals surface area contributed by atoms with Crippen molar-refractivity contribution in [3.05, 3.63) is 85.1 Å². The van der Waals surface area contributed by atoms with E-state index in [2.05, 4.69) is 106 Å². The fourth-order valence-corrected chi connectivity index (χ4v) is 7.34. The Bertz CT molecular complexity index is 1270. The lowest BCUT2D eigenvalue weighted by Crippen LogP contribution is -2.30. The lowest BCUT2D eigenvalue weighted by Gasteiger charge is -2.18. The standard InChI is InChI=1S/C59H100O6/c1-4-7-10-13-16-19-22-24-26-28-30-32-34-37-40-43-46-49-52-58(61)64-55-56(54-63-57(60)51-48-45-42-39-36-21-18-15-12-9-6-3)65-59(62)53-50-47-44-41-38-35-33-31-29-27-25-23-20-17-14-11-8-5-2/h9,12,18,21-22,24,26,28,30-33,39,42,56H,4-8,10-11,13-17,19-20,23,25,27,29,34-38,40-41,43-55H2,1-3H3/b12-9-,21-18-,24-22-,28-26-,32-30-,33-31-,42-39-. The molecule has 0 spiro atoms. The summed E-state index contributed by atoms with van der Waals surface area (Å²) in [5.74, 6) is -0.988. The monoisotopic (exact) mass is 905 g/mol. The van der Waals surface area contributed by atoms with E-state index in [-0.39, 0.29) is 37.5 Å². The number of carbonyl (C=O) groups excluding carboxylic acids is 3. The summed E-state index contributed by atoms with van der Waals surface area (Å²) in [4.78, 5) is 38.0. The van der Waals surface area contributed by atoms with Crippen molar-refractivity contribution in [1.29, 1.82) is 0 Å². The average Bonchev–Trinajstić information content (AvgIpc) is 3.30. The van der Waals surface area contributed by atoms with Gasteiger partial charge in [-0.3, -0.25) is 14.4 Å². The van der Waals surface area contributed by atoms with Crippen LogP contribution in [0.15, 0.2) is 85.1 Å². The molecular formula is C59H100O6. The number of carbonyl (C=O) groups is 3. The number of hydrogen-bond donors (Lipinski definition) is 0. The van der Waals surface area contributed by atoms with Crippen LogP contribution in [0.4, 0.5) is 0 Å². The van der Waals surface area contributed by atoms with E-state index in [4.69, 9.17) is 14.2 Å². The van der Waals surface area contributed by atoms with Crippen molar-refractivity contribution >= 4 is 17.9 Å². The van der Waals surface area contributed by atoms with Gasteiger partial charge >= 0.3 is 17.9 Å². The first kappa shape index (κ1) is 61.6. The van der Waals surface area contributed by atoms with Crippen LogP contribution in [0.3, 0.4) is 0 Å². The maximum Gasteiger partial charge on any atom is 0.306 e. The smallest absolute Gasteiger partial charge is 0.306 e. The van der Waals surface area contributed by atoms with Crippen LogP contribution >= 0.6 is 0 Å². The molecule has 6 heteroatoms. The van der Waals surface area contributed by atoms with E-state index < -0.39 is 6.10 Å². The van der Waals surface area contributed by atoms with Gasteiger partial charge in [-0.15, -0.1) is 0 Å². The van der Waals surface area contributed by atoms with E-state index >= 15 is 0 Å². The number of unbranched alkanes of at least 4 members (excludes halogenated alkanes) is 25. The SMILES string of the molecule is CC/C=C\C/C=C\C/C=C\CCCC(=O)OCC(COC(=O)CCCCCCC\C=C/C=C\C=C/CCCCCCC)OC(=O)CCCCCCC/C=C\CCCCCCCCCCC. The van der Waals surface area contributed by atoms with Gasteiger partial charge in [0.25, 0.3) is 0 Å². The second kappa shape index (κ2) is 53.2. The number of allylic oxidation sites excluding steroid dienone is 14. The van der Waals surface area contributed by atoms with Crippen molar-refractivity contribution in [3.63, 3.8) is 0 Å². The fraction of sp³-hybridized carbons (Fsp3) is 0.712. The van der Waals surface area contributed by atoms with Gasteiger partial charge in [0.2, 0.25) is 0 Å². The Kier molecular flexibility index (Phi) is 50.4. The summed E-state index contributed by atoms with van der Waals surface area (Å²) >= 11 is 0. The van der Waals surface area contributed by atoms with Gasteiger partial charge in [-0.2, -0.15) is 0 Å². The van der Waals surface area contributed by atoms with Gasteiger partial charge in [-0.1, -0.05) is 221 Å². The Morgan fingerprint density at radius 3 is 1.14 bits per heavy atom. The van der Waals surface area contributed by atoms with Gasteiger partial charge in [0, 0.05) is 19.3 Å². The van der Waals surface area contributed by atoms with Crippen molar-refractivity contribution in [3.8, 4) is 0 Å². The van der Waals surface area contributed by atoms with E-state index in [1.165, 1.54) is 103 Å². The third kappa shape index (κ3) is 51.4. The third-order valence-electron chi connectivity index (χ3n) is 11.4. The molecular weight excluding hydrogens is 805 g/mol. The molecule has 0 heterocycles. The van der Waals surface area contributed by atoms with Gasteiger partial charge in [-0.05, 0) is 96.3 Å². The van der Waals surface area contributed by atoms with Gasteiger partial charge < -0.3 is 14.2 Å². The molecule has 1 unspecified atom stereocenters. The first-order valence-corrected chi connectivity index (χ1v) is 27.1. The minimum atomic E-state index is -0.809. The van der Waals surface area contributed by atoms with E-state index in [1.54, 1.807) is 0 Å². The van der Waals surface area contributed by atoms with Gasteiger partial charge in [0.15, 0.2) is 6.10 Å². The van der Waals surface area contributed by atoms with Gasteiger partial charge in [0.1, 0.15) is 13.2 Å². The first-order valence-electron chi connectivity index (χ1n) is 27.1. The zero-order valence-electron chi connectivity index (χ0n) is 42.5. The average molecular weight is 905 g/mol. The van der Waals surface area contributed by atoms with Crippen LogP contribution in [0.1, 0.15) is 252 Å². The summed E-state index contributed by atoms with van der Waals surface area (Å²) in [5, 5.41) is 0. The van der Waals surface area contributed by atoms with Crippen molar-refractivity contribution < 1.29 is 28.6 Å². The van der Waals surface area contributed by atoms with E-state index in [1.807, 2.05) is 0 Å². The fourth-order valence-electron chi connectivity index (χ4n) is 7.34. The van der Waals surface area contributed by atoms with E-state index in [9.17, 15) is 14.4 Å². The summed E-state index contributed by atoms with van der Waals surface area (Å²) in [6, 6.07) is 0. The molecule has 0 aromatic carbocycles. The van der Waals surface area contributed by atoms with Crippen molar-refractivity contribution in [2.24, 2.45) is 0 Å². The van der Waals surface area contributed by atoms with E-state index in [0.717, 1.165) is 103 Å². The molecule has 0 radical (unpaired) electrons. The zero-order valence-corrected chi connectivity index (χ0v) is 42.5. The highest BCUT2D eigenvalue weighted by molar-refractivity contribution is 5.71. The molecule has 0 N–H and O–H groups in total. The van der Waals surface area contributed by atoms with Crippen LogP contribution in [-0.4, -0.2) is 37.2 Å². The summed E-state index contributed by atoms with van der Waals surface area (Å²) in [5.41, 5.74) is 0. The maximum absolute atomic E-state index is 12.8. The molecule has 0 fully saturated rings. The maximum atomic E-state index is 12.8. The molecule has 372 valence electrons. The molecule has 0 aliphatic rings. The normalized spacial score (nSPS) is 12.7. The van der Waals surface area contributed by atoms with Crippen LogP contribution < -0.4 is 0 Å². The summed E-state index contributed by atoms with van der Waals surface area (Å²) in [6.45, 7) is 6.44. The Morgan fingerprint density at radius 2 is 0.677 bits per heavy atom. The molecule has 0 aliphatic carbocycles. The number of rotatable bonds is 48. The molecule has 0 rings (SSSR count). The highest BCUT2D eigenvalue weighted by atomic mass is 16.6. The molecule has 0 amide bonds. The van der Waals surface area contributed by atoms with E-state index in [0.29, 0.717) is 19.3 Å². The second-order valence-electron chi connectivity index (χ2n) is 17.8. The van der Waals surface area contributed by atoms with Crippen LogP contribution in [0.2, 0.25) is 0 Å². The van der Waals surface area contributed by atoms with Crippen LogP contribution in [0.5, 0.6) is 0 Å². The molecule has 6 nitrogen and oxygen atoms in total. The van der Waals surface area contributed by atoms with Crippen LogP contribution in [0.25, 0.3) is 0 Å². The predicted molar refractivity (Wildman–Crippen MR) is 279 cm³/mol. The van der Waals surface area contributed by atoms with Crippen molar-refractivity contribution in [2.75, 3.05) is 13.2 Å². The Hall–Kier alpha value is -3.41. The Labute approximate surface area is 401 Å². The highest BCUT2D eigenvalue weighted by Crippen LogP contribution is 2.14. The molecule has 0 saturated heterocycles. The van der Waals surface area contributed by atoms with Crippen molar-refractivity contribution in [1.82, 2.24) is 0 Å². The molecule has 0 aromatic rings. The number of esters is 3. The summed E-state index contributed by atoms with van der Waals surface area (Å²) < 4.78 is 16.7. The lowest BCUT2D eigenvalue weighted by atomic mass is 10.1. The van der Waals surface area contributed by atoms with Crippen LogP contribution in [-0.2, 0) is 28.6 Å². The molecule has 0 bridgehead atoms. The summed E-state index contributed by atoms with van der Waals surface area (Å²) in [7, 11) is 0. The minimum Gasteiger partial charge on any atom is -0.462 e. The highest BCUT2D eigenvalue weighted by Gasteiger charge is 2.19. The summed E-state index contributed by atoms with van der Waals surface area (Å²) in [6.07, 6.45) is 68.7. The minimum absolute atomic E-state index is 0.107. The molecule has 1 atom stereocenters. The molecule has 65 heavy (non-hydrogen) atoms. The van der Waals surface area contributed by atoms with Crippen molar-refractivity contribution in [2.45, 2.75) is 258 Å². The largest absolute Gasteiger partial charge is 0.462 e.